The highest BCUT2D eigenvalue weighted by Crippen LogP contribution is 2.40. The van der Waals surface area contributed by atoms with Gasteiger partial charge in [-0.2, -0.15) is 5.10 Å². The van der Waals surface area contributed by atoms with Crippen LogP contribution in [0.4, 0.5) is 0 Å². The zero-order chi connectivity index (χ0) is 13.2. The van der Waals surface area contributed by atoms with Gasteiger partial charge in [-0.1, -0.05) is 30.7 Å². The first kappa shape index (κ1) is 12.4. The fraction of sp³-hybridized carbons (Fsp3) is 0.438. The molecule has 2 aromatic rings. The van der Waals surface area contributed by atoms with Gasteiger partial charge >= 0.3 is 0 Å². The van der Waals surface area contributed by atoms with Crippen LogP contribution in [0.2, 0.25) is 0 Å². The van der Waals surface area contributed by atoms with E-state index in [0.717, 1.165) is 11.6 Å². The molecule has 3 rings (SSSR count). The molecule has 1 aromatic heterocycles. The lowest BCUT2D eigenvalue weighted by molar-refractivity contribution is 0.414. The second-order valence-corrected chi connectivity index (χ2v) is 5.39. The SMILES string of the molecule is CNC(c1ccn(C)n1)c1ccccc1C1CCC1. The maximum Gasteiger partial charge on any atom is 0.0839 e. The summed E-state index contributed by atoms with van der Waals surface area (Å²) in [7, 11) is 3.98. The van der Waals surface area contributed by atoms with E-state index >= 15 is 0 Å². The van der Waals surface area contributed by atoms with Gasteiger partial charge in [-0.15, -0.1) is 0 Å². The number of nitrogens with zero attached hydrogens (tertiary/aromatic N) is 2. The number of aryl methyl sites for hydroxylation is 1. The predicted molar refractivity (Wildman–Crippen MR) is 77.1 cm³/mol. The maximum atomic E-state index is 4.56. The second kappa shape index (κ2) is 5.17. The lowest BCUT2D eigenvalue weighted by atomic mass is 9.77. The molecule has 0 aliphatic heterocycles. The molecule has 1 N–H and O–H groups in total. The normalized spacial score (nSPS) is 17.2. The highest BCUT2D eigenvalue weighted by Gasteiger charge is 2.25. The molecular weight excluding hydrogens is 234 g/mol. The standard InChI is InChI=1S/C16H21N3/c1-17-16(15-10-11-19(2)18-15)14-9-4-3-8-13(14)12-6-5-7-12/h3-4,8-12,16-17H,5-7H2,1-2H3. The molecule has 1 heterocycles. The van der Waals surface area contributed by atoms with Gasteiger partial charge in [0.1, 0.15) is 0 Å². The Morgan fingerprint density at radius 1 is 1.26 bits per heavy atom. The second-order valence-electron chi connectivity index (χ2n) is 5.39. The topological polar surface area (TPSA) is 29.9 Å². The fourth-order valence-corrected chi connectivity index (χ4v) is 2.91. The van der Waals surface area contributed by atoms with Crippen molar-refractivity contribution in [2.75, 3.05) is 7.05 Å². The molecule has 19 heavy (non-hydrogen) atoms. The third kappa shape index (κ3) is 2.30. The Bertz CT molecular complexity index is 555. The Hall–Kier alpha value is -1.61. The average molecular weight is 255 g/mol. The summed E-state index contributed by atoms with van der Waals surface area (Å²) >= 11 is 0. The molecule has 0 bridgehead atoms. The quantitative estimate of drug-likeness (QED) is 0.910. The summed E-state index contributed by atoms with van der Waals surface area (Å²) in [6.07, 6.45) is 6.03. The summed E-state index contributed by atoms with van der Waals surface area (Å²) < 4.78 is 1.87. The first-order chi connectivity index (χ1) is 9.29. The van der Waals surface area contributed by atoms with E-state index in [1.54, 1.807) is 0 Å². The number of nitrogens with one attached hydrogen (secondary N) is 1. The third-order valence-corrected chi connectivity index (χ3v) is 4.17. The largest absolute Gasteiger partial charge is 0.308 e. The molecule has 1 saturated carbocycles. The number of benzene rings is 1. The van der Waals surface area contributed by atoms with Crippen molar-refractivity contribution < 1.29 is 0 Å². The molecule has 1 unspecified atom stereocenters. The maximum absolute atomic E-state index is 4.56. The van der Waals surface area contributed by atoms with Gasteiger partial charge in [0.25, 0.3) is 0 Å². The highest BCUT2D eigenvalue weighted by molar-refractivity contribution is 5.38. The Kier molecular flexibility index (Phi) is 3.38. The van der Waals surface area contributed by atoms with E-state index in [-0.39, 0.29) is 6.04 Å². The summed E-state index contributed by atoms with van der Waals surface area (Å²) in [6.45, 7) is 0. The van der Waals surface area contributed by atoms with Gasteiger partial charge in [0.2, 0.25) is 0 Å². The van der Waals surface area contributed by atoms with E-state index < -0.39 is 0 Å². The Morgan fingerprint density at radius 3 is 2.63 bits per heavy atom. The van der Waals surface area contributed by atoms with Crippen LogP contribution >= 0.6 is 0 Å². The van der Waals surface area contributed by atoms with Gasteiger partial charge in [0.05, 0.1) is 11.7 Å². The number of rotatable bonds is 4. The Balaban J connectivity index is 1.99. The number of hydrogen-bond acceptors (Lipinski definition) is 2. The van der Waals surface area contributed by atoms with Crippen molar-refractivity contribution >= 4 is 0 Å². The van der Waals surface area contributed by atoms with Crippen LogP contribution in [0.15, 0.2) is 36.5 Å². The number of aromatic nitrogens is 2. The molecule has 0 amide bonds. The monoisotopic (exact) mass is 255 g/mol. The average Bonchev–Trinajstić information content (AvgIpc) is 2.77. The minimum absolute atomic E-state index is 0.193. The van der Waals surface area contributed by atoms with Crippen LogP contribution in [0.25, 0.3) is 0 Å². The van der Waals surface area contributed by atoms with E-state index in [4.69, 9.17) is 0 Å². The van der Waals surface area contributed by atoms with Crippen molar-refractivity contribution in [2.24, 2.45) is 7.05 Å². The van der Waals surface area contributed by atoms with Gasteiger partial charge in [-0.05, 0) is 43.0 Å². The van der Waals surface area contributed by atoms with Crippen molar-refractivity contribution in [1.29, 1.82) is 0 Å². The summed E-state index contributed by atoms with van der Waals surface area (Å²) in [4.78, 5) is 0. The molecule has 0 spiro atoms. The molecule has 1 aliphatic rings. The summed E-state index contributed by atoms with van der Waals surface area (Å²) in [6, 6.07) is 11.1. The first-order valence-electron chi connectivity index (χ1n) is 7.05. The van der Waals surface area contributed by atoms with Crippen LogP contribution < -0.4 is 5.32 Å². The van der Waals surface area contributed by atoms with E-state index in [2.05, 4.69) is 40.7 Å². The van der Waals surface area contributed by atoms with Crippen LogP contribution in [-0.4, -0.2) is 16.8 Å². The first-order valence-corrected chi connectivity index (χ1v) is 7.05. The lowest BCUT2D eigenvalue weighted by Crippen LogP contribution is -2.22. The Labute approximate surface area is 114 Å². The molecular formula is C16H21N3. The van der Waals surface area contributed by atoms with Gasteiger partial charge in [-0.3, -0.25) is 4.68 Å². The zero-order valence-corrected chi connectivity index (χ0v) is 11.6. The smallest absolute Gasteiger partial charge is 0.0839 e. The predicted octanol–water partition coefficient (Wildman–Crippen LogP) is 3.00. The van der Waals surface area contributed by atoms with Crippen molar-refractivity contribution in [3.05, 3.63) is 53.3 Å². The molecule has 1 atom stereocenters. The lowest BCUT2D eigenvalue weighted by Gasteiger charge is -2.30. The molecule has 1 aliphatic carbocycles. The van der Waals surface area contributed by atoms with Gasteiger partial charge in [0, 0.05) is 13.2 Å². The van der Waals surface area contributed by atoms with E-state index in [0.29, 0.717) is 0 Å². The summed E-state index contributed by atoms with van der Waals surface area (Å²) in [5, 5.41) is 7.97. The molecule has 0 radical (unpaired) electrons. The molecule has 1 aromatic carbocycles. The van der Waals surface area contributed by atoms with Crippen LogP contribution in [0.5, 0.6) is 0 Å². The minimum Gasteiger partial charge on any atom is -0.308 e. The summed E-state index contributed by atoms with van der Waals surface area (Å²) in [5.41, 5.74) is 3.98. The van der Waals surface area contributed by atoms with Crippen molar-refractivity contribution in [3.63, 3.8) is 0 Å². The van der Waals surface area contributed by atoms with Crippen molar-refractivity contribution in [2.45, 2.75) is 31.2 Å². The van der Waals surface area contributed by atoms with Crippen molar-refractivity contribution in [1.82, 2.24) is 15.1 Å². The molecule has 1 fully saturated rings. The van der Waals surface area contributed by atoms with Crippen LogP contribution in [-0.2, 0) is 7.05 Å². The van der Waals surface area contributed by atoms with Crippen molar-refractivity contribution in [3.8, 4) is 0 Å². The molecule has 3 nitrogen and oxygen atoms in total. The third-order valence-electron chi connectivity index (χ3n) is 4.17. The fourth-order valence-electron chi connectivity index (χ4n) is 2.91. The summed E-state index contributed by atoms with van der Waals surface area (Å²) in [5.74, 6) is 0.746. The molecule has 0 saturated heterocycles. The van der Waals surface area contributed by atoms with Gasteiger partial charge in [0.15, 0.2) is 0 Å². The van der Waals surface area contributed by atoms with Crippen LogP contribution in [0.3, 0.4) is 0 Å². The molecule has 3 heteroatoms. The van der Waals surface area contributed by atoms with E-state index in [1.807, 2.05) is 25.0 Å². The number of hydrogen-bond donors (Lipinski definition) is 1. The van der Waals surface area contributed by atoms with E-state index in [9.17, 15) is 0 Å². The van der Waals surface area contributed by atoms with E-state index in [1.165, 1.54) is 30.4 Å². The van der Waals surface area contributed by atoms with Gasteiger partial charge in [-0.25, -0.2) is 0 Å². The van der Waals surface area contributed by atoms with Crippen LogP contribution in [0.1, 0.15) is 48.0 Å². The Morgan fingerprint density at radius 2 is 2.05 bits per heavy atom. The molecule has 100 valence electrons. The zero-order valence-electron chi connectivity index (χ0n) is 11.6. The van der Waals surface area contributed by atoms with Gasteiger partial charge < -0.3 is 5.32 Å². The van der Waals surface area contributed by atoms with Crippen LogP contribution in [0, 0.1) is 0 Å². The minimum atomic E-state index is 0.193. The highest BCUT2D eigenvalue weighted by atomic mass is 15.3.